The second-order valence-electron chi connectivity index (χ2n) is 19.5. The predicted molar refractivity (Wildman–Crippen MR) is 315 cm³/mol. The summed E-state index contributed by atoms with van der Waals surface area (Å²) in [4.78, 5) is 2.42. The van der Waals surface area contributed by atoms with Gasteiger partial charge < -0.3 is 9.47 Å². The van der Waals surface area contributed by atoms with Gasteiger partial charge in [0.2, 0.25) is 0 Å². The third-order valence-corrected chi connectivity index (χ3v) is 15.3. The van der Waals surface area contributed by atoms with Crippen LogP contribution in [-0.4, -0.2) is 4.57 Å². The van der Waals surface area contributed by atoms with Crippen LogP contribution in [0, 0.1) is 0 Å². The number of hydrogen-bond acceptors (Lipinski definition) is 1. The number of rotatable bonds is 9. The topological polar surface area (TPSA) is 8.17 Å². The first-order valence-electron chi connectivity index (χ1n) is 25.8. The second kappa shape index (κ2) is 18.3. The molecule has 2 heteroatoms. The van der Waals surface area contributed by atoms with Crippen molar-refractivity contribution < 1.29 is 0 Å². The lowest BCUT2D eigenvalue weighted by Crippen LogP contribution is -2.10. The predicted octanol–water partition coefficient (Wildman–Crippen LogP) is 20.0. The highest BCUT2D eigenvalue weighted by Gasteiger charge is 2.23. The Morgan fingerprint density at radius 3 is 1.51 bits per heavy atom. The van der Waals surface area contributed by atoms with E-state index < -0.39 is 0 Å². The van der Waals surface area contributed by atoms with Crippen LogP contribution in [0.2, 0.25) is 0 Å². The fourth-order valence-electron chi connectivity index (χ4n) is 11.9. The van der Waals surface area contributed by atoms with Crippen LogP contribution in [0.25, 0.3) is 104 Å². The van der Waals surface area contributed by atoms with E-state index in [4.69, 9.17) is 0 Å². The van der Waals surface area contributed by atoms with Gasteiger partial charge in [0.05, 0.1) is 16.7 Å². The number of aromatic nitrogens is 1. The molecule has 14 rings (SSSR count). The quantitative estimate of drug-likeness (QED) is 0.131. The van der Waals surface area contributed by atoms with E-state index in [1.54, 1.807) is 0 Å². The zero-order valence-corrected chi connectivity index (χ0v) is 40.8. The molecule has 0 N–H and O–H groups in total. The maximum atomic E-state index is 2.45. The molecule has 0 saturated carbocycles. The molecule has 12 aromatic carbocycles. The van der Waals surface area contributed by atoms with Gasteiger partial charge in [-0.05, 0) is 156 Å². The minimum atomic E-state index is 0.363. The van der Waals surface area contributed by atoms with E-state index in [1.807, 2.05) is 0 Å². The standard InChI is InChI=1S/C72H50N2/c1-5-20-49(21-6-1)52-26-19-27-55(46-52)71-61-32-15-17-34-63(61)72(64-35-18-16-33-62(64)71)65-42-45-68(60-31-14-13-30-59(60)65)73(56-28-11-4-12-29-56)57-38-40-58(41-39-57)74-69-43-36-53(50-22-7-2-8-23-50)47-66(69)67-48-54(37-44-70(67)74)51-24-9-3-10-25-51/h1-24,26-48,51H,25H2. The second-order valence-corrected chi connectivity index (χ2v) is 19.5. The van der Waals surface area contributed by atoms with Gasteiger partial charge in [0.25, 0.3) is 0 Å². The first kappa shape index (κ1) is 43.3. The van der Waals surface area contributed by atoms with Crippen molar-refractivity contribution in [3.8, 4) is 50.2 Å². The highest BCUT2D eigenvalue weighted by molar-refractivity contribution is 6.24. The molecular weight excluding hydrogens is 893 g/mol. The Morgan fingerprint density at radius 1 is 0.338 bits per heavy atom. The van der Waals surface area contributed by atoms with Gasteiger partial charge in [-0.1, -0.05) is 212 Å². The summed E-state index contributed by atoms with van der Waals surface area (Å²) in [6, 6.07) is 96.1. The summed E-state index contributed by atoms with van der Waals surface area (Å²) >= 11 is 0. The maximum absolute atomic E-state index is 2.45. The molecular formula is C72H50N2. The Balaban J connectivity index is 0.912. The molecule has 1 unspecified atom stereocenters. The summed E-state index contributed by atoms with van der Waals surface area (Å²) in [5, 5.41) is 9.87. The highest BCUT2D eigenvalue weighted by atomic mass is 15.1. The van der Waals surface area contributed by atoms with Crippen molar-refractivity contribution in [2.45, 2.75) is 12.3 Å². The first-order valence-corrected chi connectivity index (χ1v) is 25.8. The fourth-order valence-corrected chi connectivity index (χ4v) is 11.9. The van der Waals surface area contributed by atoms with E-state index in [2.05, 4.69) is 295 Å². The molecule has 1 heterocycles. The van der Waals surface area contributed by atoms with Crippen molar-refractivity contribution in [2.24, 2.45) is 0 Å². The maximum Gasteiger partial charge on any atom is 0.0541 e. The lowest BCUT2D eigenvalue weighted by Gasteiger charge is -2.28. The number of anilines is 3. The molecule has 0 saturated heterocycles. The van der Waals surface area contributed by atoms with Gasteiger partial charge in [-0.3, -0.25) is 0 Å². The van der Waals surface area contributed by atoms with E-state index in [-0.39, 0.29) is 0 Å². The summed E-state index contributed by atoms with van der Waals surface area (Å²) < 4.78 is 2.45. The zero-order valence-electron chi connectivity index (χ0n) is 40.8. The lowest BCUT2D eigenvalue weighted by molar-refractivity contribution is 0.855. The molecule has 0 aliphatic heterocycles. The van der Waals surface area contributed by atoms with Gasteiger partial charge in [-0.2, -0.15) is 0 Å². The molecule has 13 aromatic rings. The Morgan fingerprint density at radius 2 is 0.865 bits per heavy atom. The largest absolute Gasteiger partial charge is 0.310 e. The molecule has 0 amide bonds. The number of benzene rings is 12. The van der Waals surface area contributed by atoms with Crippen molar-refractivity contribution in [3.63, 3.8) is 0 Å². The van der Waals surface area contributed by atoms with Crippen LogP contribution in [0.3, 0.4) is 0 Å². The smallest absolute Gasteiger partial charge is 0.0541 e. The molecule has 0 radical (unpaired) electrons. The SMILES string of the molecule is C1=CCC(c2ccc3c(c2)c2cc(-c4ccccc4)ccc2n3-c2ccc(N(c3ccccc3)c3ccc(-c4c5ccccc5c(-c5cccc(-c6ccccc6)c5)c5ccccc45)c4ccccc34)cc2)C=C1. The summed E-state index contributed by atoms with van der Waals surface area (Å²) in [7, 11) is 0. The first-order chi connectivity index (χ1) is 36.7. The average molecular weight is 943 g/mol. The number of nitrogens with zero attached hydrogens (tertiary/aromatic N) is 2. The normalized spacial score (nSPS) is 13.4. The molecule has 1 atom stereocenters. The highest BCUT2D eigenvalue weighted by Crippen LogP contribution is 2.49. The minimum absolute atomic E-state index is 0.363. The van der Waals surface area contributed by atoms with Gasteiger partial charge in [-0.25, -0.2) is 0 Å². The third-order valence-electron chi connectivity index (χ3n) is 15.3. The van der Waals surface area contributed by atoms with Crippen molar-refractivity contribution in [3.05, 3.63) is 291 Å². The lowest BCUT2D eigenvalue weighted by atomic mass is 9.84. The minimum Gasteiger partial charge on any atom is -0.310 e. The summed E-state index contributed by atoms with van der Waals surface area (Å²) in [6.07, 6.45) is 9.96. The number of hydrogen-bond donors (Lipinski definition) is 0. The fraction of sp³-hybridized carbons (Fsp3) is 0.0278. The Labute approximate surface area is 431 Å². The van der Waals surface area contributed by atoms with E-state index in [1.165, 1.54) is 104 Å². The molecule has 74 heavy (non-hydrogen) atoms. The summed E-state index contributed by atoms with van der Waals surface area (Å²) in [5.41, 5.74) is 18.0. The monoisotopic (exact) mass is 942 g/mol. The van der Waals surface area contributed by atoms with Crippen LogP contribution >= 0.6 is 0 Å². The van der Waals surface area contributed by atoms with Crippen LogP contribution in [0.1, 0.15) is 17.9 Å². The van der Waals surface area contributed by atoms with Crippen LogP contribution in [-0.2, 0) is 0 Å². The Kier molecular flexibility index (Phi) is 10.7. The zero-order chi connectivity index (χ0) is 49.0. The van der Waals surface area contributed by atoms with Crippen molar-refractivity contribution in [2.75, 3.05) is 4.90 Å². The molecule has 0 bridgehead atoms. The van der Waals surface area contributed by atoms with Crippen LogP contribution in [0.15, 0.2) is 285 Å². The van der Waals surface area contributed by atoms with Gasteiger partial charge >= 0.3 is 0 Å². The van der Waals surface area contributed by atoms with Crippen LogP contribution in [0.5, 0.6) is 0 Å². The van der Waals surface area contributed by atoms with E-state index in [0.29, 0.717) is 5.92 Å². The molecule has 1 aliphatic carbocycles. The summed E-state index contributed by atoms with van der Waals surface area (Å²) in [6.45, 7) is 0. The Bertz CT molecular complexity index is 4260. The van der Waals surface area contributed by atoms with E-state index in [0.717, 1.165) is 29.2 Å². The molecule has 1 aromatic heterocycles. The number of para-hydroxylation sites is 1. The van der Waals surface area contributed by atoms with Crippen molar-refractivity contribution in [1.29, 1.82) is 0 Å². The van der Waals surface area contributed by atoms with Crippen LogP contribution < -0.4 is 4.90 Å². The number of fused-ring (bicyclic) bond motifs is 6. The van der Waals surface area contributed by atoms with Gasteiger partial charge in [-0.15, -0.1) is 0 Å². The van der Waals surface area contributed by atoms with E-state index in [9.17, 15) is 0 Å². The van der Waals surface area contributed by atoms with Crippen molar-refractivity contribution in [1.82, 2.24) is 4.57 Å². The van der Waals surface area contributed by atoms with Crippen LogP contribution in [0.4, 0.5) is 17.1 Å². The van der Waals surface area contributed by atoms with Crippen molar-refractivity contribution >= 4 is 71.2 Å². The molecule has 2 nitrogen and oxygen atoms in total. The molecule has 348 valence electrons. The third kappa shape index (κ3) is 7.42. The molecule has 0 spiro atoms. The van der Waals surface area contributed by atoms with Gasteiger partial charge in [0.1, 0.15) is 0 Å². The van der Waals surface area contributed by atoms with Gasteiger partial charge in [0.15, 0.2) is 0 Å². The molecule has 0 fully saturated rings. The Hall–Kier alpha value is -9.50. The molecule has 1 aliphatic rings. The average Bonchev–Trinajstić information content (AvgIpc) is 3.81. The van der Waals surface area contributed by atoms with Gasteiger partial charge in [0, 0.05) is 39.1 Å². The number of allylic oxidation sites excluding steroid dienone is 4. The van der Waals surface area contributed by atoms with E-state index >= 15 is 0 Å². The summed E-state index contributed by atoms with van der Waals surface area (Å²) in [5.74, 6) is 0.363.